The summed E-state index contributed by atoms with van der Waals surface area (Å²) >= 11 is 0. The fraction of sp³-hybridized carbons (Fsp3) is 0.889. The van der Waals surface area contributed by atoms with Gasteiger partial charge in [0, 0.05) is 12.8 Å². The minimum Gasteiger partial charge on any atom is -0.480 e. The van der Waals surface area contributed by atoms with Crippen LogP contribution in [0.3, 0.4) is 0 Å². The van der Waals surface area contributed by atoms with Crippen LogP contribution in [0.4, 0.5) is 0 Å². The van der Waals surface area contributed by atoms with E-state index in [4.69, 9.17) is 13.8 Å². The molecule has 3 atom stereocenters. The van der Waals surface area contributed by atoms with Gasteiger partial charge in [-0.15, -0.1) is 0 Å². The van der Waals surface area contributed by atoms with Crippen LogP contribution in [0.25, 0.3) is 0 Å². The highest BCUT2D eigenvalue weighted by atomic mass is 31.2. The number of phosphoric ester groups is 1. The van der Waals surface area contributed by atoms with Crippen LogP contribution in [0, 0.1) is 0 Å². The summed E-state index contributed by atoms with van der Waals surface area (Å²) in [5, 5.41) is 21.8. The molecule has 0 radical (unpaired) electrons. The van der Waals surface area contributed by atoms with Crippen molar-refractivity contribution in [2.24, 2.45) is 0 Å². The van der Waals surface area contributed by atoms with E-state index in [9.17, 15) is 34.1 Å². The highest BCUT2D eigenvalue weighted by molar-refractivity contribution is 7.47. The zero-order chi connectivity index (χ0) is 42.1. The Hall–Kier alpha value is -1.78. The van der Waals surface area contributed by atoms with Gasteiger partial charge in [-0.1, -0.05) is 187 Å². The molecule has 0 rings (SSSR count). The van der Waals surface area contributed by atoms with Crippen molar-refractivity contribution in [1.29, 1.82) is 0 Å². The molecule has 1 amide bonds. The van der Waals surface area contributed by atoms with Crippen LogP contribution in [-0.2, 0) is 32.7 Å². The summed E-state index contributed by atoms with van der Waals surface area (Å²) < 4.78 is 26.8. The Kier molecular flexibility index (Phi) is 39.7. The van der Waals surface area contributed by atoms with Gasteiger partial charge in [0.25, 0.3) is 0 Å². The number of ether oxygens (including phenoxy) is 1. The number of nitrogens with one attached hydrogen (secondary N) is 1. The lowest BCUT2D eigenvalue weighted by molar-refractivity contribution is -0.147. The van der Waals surface area contributed by atoms with Crippen LogP contribution >= 0.6 is 7.82 Å². The normalized spacial score (nSPS) is 13.8. The number of carboxylic acids is 1. The van der Waals surface area contributed by atoms with Crippen LogP contribution < -0.4 is 5.32 Å². The average molecular weight is 832 g/mol. The molecule has 11 nitrogen and oxygen atoms in total. The number of aliphatic carboxylic acids is 1. The number of carboxylic acid groups (broad SMARTS) is 1. The van der Waals surface area contributed by atoms with Gasteiger partial charge in [-0.2, -0.15) is 0 Å². The lowest BCUT2D eigenvalue weighted by Crippen LogP contribution is -2.43. The van der Waals surface area contributed by atoms with E-state index in [1.165, 1.54) is 128 Å². The van der Waals surface area contributed by atoms with Crippen molar-refractivity contribution >= 4 is 25.7 Å². The number of rotatable bonds is 44. The number of allylic oxidation sites excluding steroid dienone is 2. The number of hydrogen-bond acceptors (Lipinski definition) is 8. The van der Waals surface area contributed by atoms with Gasteiger partial charge in [0.2, 0.25) is 5.91 Å². The Morgan fingerprint density at radius 1 is 0.544 bits per heavy atom. The second-order valence-electron chi connectivity index (χ2n) is 15.9. The van der Waals surface area contributed by atoms with Crippen LogP contribution in [-0.4, -0.2) is 64.9 Å². The molecule has 0 aromatic rings. The summed E-state index contributed by atoms with van der Waals surface area (Å²) in [5.41, 5.74) is 0. The zero-order valence-corrected chi connectivity index (χ0v) is 37.3. The van der Waals surface area contributed by atoms with E-state index in [0.29, 0.717) is 12.8 Å². The van der Waals surface area contributed by atoms with Gasteiger partial charge in [-0.05, 0) is 38.5 Å². The Bertz CT molecular complexity index is 1030. The SMILES string of the molecule is CCCCCCC/C=C\CCCCCCCC(=O)OCC(O)COP(=O)(O)OCC(NC(=O)CCCCCCCCCCCCCCCCCCCCC)C(=O)O. The maximum absolute atomic E-state index is 12.3. The second kappa shape index (κ2) is 41.0. The van der Waals surface area contributed by atoms with E-state index in [0.717, 1.165) is 57.8 Å². The number of hydrogen-bond donors (Lipinski definition) is 4. The molecule has 12 heteroatoms. The summed E-state index contributed by atoms with van der Waals surface area (Å²) in [6.45, 7) is 2.60. The first-order valence-corrected chi connectivity index (χ1v) is 24.7. The Labute approximate surface area is 347 Å². The summed E-state index contributed by atoms with van der Waals surface area (Å²) in [6.07, 6.45) is 40.9. The van der Waals surface area contributed by atoms with Crippen LogP contribution in [0.2, 0.25) is 0 Å². The number of carbonyl (C=O) groups excluding carboxylic acids is 2. The molecule has 336 valence electrons. The van der Waals surface area contributed by atoms with Gasteiger partial charge in [0.15, 0.2) is 6.04 Å². The second-order valence-corrected chi connectivity index (χ2v) is 17.4. The molecule has 0 aliphatic heterocycles. The van der Waals surface area contributed by atoms with Crippen LogP contribution in [0.15, 0.2) is 12.2 Å². The van der Waals surface area contributed by atoms with E-state index in [2.05, 4.69) is 31.3 Å². The fourth-order valence-electron chi connectivity index (χ4n) is 6.66. The van der Waals surface area contributed by atoms with Crippen molar-refractivity contribution in [3.05, 3.63) is 12.2 Å². The Balaban J connectivity index is 3.85. The number of esters is 1. The van der Waals surface area contributed by atoms with E-state index >= 15 is 0 Å². The van der Waals surface area contributed by atoms with Gasteiger partial charge < -0.3 is 25.2 Å². The van der Waals surface area contributed by atoms with Gasteiger partial charge >= 0.3 is 19.8 Å². The molecular weight excluding hydrogens is 745 g/mol. The van der Waals surface area contributed by atoms with Gasteiger partial charge in [0.05, 0.1) is 13.2 Å². The molecule has 0 fully saturated rings. The summed E-state index contributed by atoms with van der Waals surface area (Å²) in [7, 11) is -4.75. The third-order valence-corrected chi connectivity index (χ3v) is 11.3. The third kappa shape index (κ3) is 40.8. The minimum atomic E-state index is -4.75. The largest absolute Gasteiger partial charge is 0.480 e. The Morgan fingerprint density at radius 3 is 1.33 bits per heavy atom. The van der Waals surface area contributed by atoms with E-state index in [1.807, 2.05) is 0 Å². The zero-order valence-electron chi connectivity index (χ0n) is 36.4. The number of aliphatic hydroxyl groups is 1. The van der Waals surface area contributed by atoms with Crippen molar-refractivity contribution in [3.8, 4) is 0 Å². The molecular formula is C45H86NO10P. The van der Waals surface area contributed by atoms with E-state index in [1.54, 1.807) is 0 Å². The maximum atomic E-state index is 12.3. The molecule has 0 bridgehead atoms. The molecule has 0 aromatic heterocycles. The standard InChI is InChI=1S/C45H86NO10P/c1-3-5-7-9-11-13-15-17-19-20-21-22-23-24-26-28-30-32-34-36-43(48)46-42(45(50)51)40-56-57(52,53)55-39-41(47)38-54-44(49)37-35-33-31-29-27-25-18-16-14-12-10-8-6-4-2/h16,18,41-42,47H,3-15,17,19-40H2,1-2H3,(H,46,48)(H,50,51)(H,52,53)/b18-16-. The molecule has 0 heterocycles. The quantitative estimate of drug-likeness (QED) is 0.0201. The van der Waals surface area contributed by atoms with Gasteiger partial charge in [-0.3, -0.25) is 18.6 Å². The molecule has 0 aliphatic carbocycles. The number of unbranched alkanes of at least 4 members (excludes halogenated alkanes) is 28. The molecule has 4 N–H and O–H groups in total. The first-order chi connectivity index (χ1) is 27.6. The topological polar surface area (TPSA) is 169 Å². The molecule has 0 saturated carbocycles. The smallest absolute Gasteiger partial charge is 0.472 e. The fourth-order valence-corrected chi connectivity index (χ4v) is 7.44. The lowest BCUT2D eigenvalue weighted by Gasteiger charge is -2.18. The summed E-state index contributed by atoms with van der Waals surface area (Å²) in [4.78, 5) is 45.9. The first-order valence-electron chi connectivity index (χ1n) is 23.2. The van der Waals surface area contributed by atoms with Crippen molar-refractivity contribution < 1.29 is 47.8 Å². The number of aliphatic hydroxyl groups excluding tert-OH is 1. The first kappa shape index (κ1) is 55.2. The molecule has 0 aromatic carbocycles. The van der Waals surface area contributed by atoms with Gasteiger partial charge in [0.1, 0.15) is 12.7 Å². The predicted molar refractivity (Wildman–Crippen MR) is 231 cm³/mol. The molecule has 0 spiro atoms. The highest BCUT2D eigenvalue weighted by Crippen LogP contribution is 2.43. The average Bonchev–Trinajstić information content (AvgIpc) is 3.18. The van der Waals surface area contributed by atoms with Crippen LogP contribution in [0.5, 0.6) is 0 Å². The minimum absolute atomic E-state index is 0.151. The molecule has 57 heavy (non-hydrogen) atoms. The molecule has 0 aliphatic rings. The molecule has 3 unspecified atom stereocenters. The highest BCUT2D eigenvalue weighted by Gasteiger charge is 2.28. The van der Waals surface area contributed by atoms with Crippen LogP contribution in [0.1, 0.15) is 226 Å². The number of phosphoric acid groups is 1. The maximum Gasteiger partial charge on any atom is 0.472 e. The van der Waals surface area contributed by atoms with E-state index < -0.39 is 57.6 Å². The predicted octanol–water partition coefficient (Wildman–Crippen LogP) is 12.1. The number of amides is 1. The number of carbonyl (C=O) groups is 3. The monoisotopic (exact) mass is 832 g/mol. The summed E-state index contributed by atoms with van der Waals surface area (Å²) in [5.74, 6) is -2.37. The molecule has 0 saturated heterocycles. The van der Waals surface area contributed by atoms with Gasteiger partial charge in [-0.25, -0.2) is 9.36 Å². The van der Waals surface area contributed by atoms with Crippen molar-refractivity contribution in [2.45, 2.75) is 238 Å². The third-order valence-electron chi connectivity index (χ3n) is 10.3. The van der Waals surface area contributed by atoms with Crippen molar-refractivity contribution in [2.75, 3.05) is 19.8 Å². The van der Waals surface area contributed by atoms with Crippen molar-refractivity contribution in [3.63, 3.8) is 0 Å². The summed E-state index contributed by atoms with van der Waals surface area (Å²) in [6, 6.07) is -1.54. The van der Waals surface area contributed by atoms with E-state index in [-0.39, 0.29) is 12.8 Å². The lowest BCUT2D eigenvalue weighted by atomic mass is 10.0. The van der Waals surface area contributed by atoms with Crippen molar-refractivity contribution in [1.82, 2.24) is 5.32 Å². The Morgan fingerprint density at radius 2 is 0.912 bits per heavy atom.